The monoisotopic (exact) mass is 262 g/mol. The maximum Gasteiger partial charge on any atom is 0.239 e. The smallest absolute Gasteiger partial charge is 0.239 e. The van der Waals surface area contributed by atoms with Crippen molar-refractivity contribution < 1.29 is 4.79 Å². The second kappa shape index (κ2) is 4.47. The van der Waals surface area contributed by atoms with Crippen molar-refractivity contribution in [2.45, 2.75) is 57.5 Å². The second-order valence-corrected chi connectivity index (χ2v) is 7.29. The van der Waals surface area contributed by atoms with E-state index in [9.17, 15) is 4.79 Å². The molecule has 4 aliphatic rings. The van der Waals surface area contributed by atoms with Crippen LogP contribution in [0.1, 0.15) is 45.4 Å². The summed E-state index contributed by atoms with van der Waals surface area (Å²) in [5.41, 5.74) is 0. The number of carbonyl (C=O) groups excluding carboxylic acids is 1. The first-order valence-electron chi connectivity index (χ1n) is 8.30. The molecule has 5 unspecified atom stereocenters. The molecule has 1 heterocycles. The largest absolute Gasteiger partial charge is 0.341 e. The van der Waals surface area contributed by atoms with Crippen molar-refractivity contribution in [1.29, 1.82) is 0 Å². The minimum absolute atomic E-state index is 0.0353. The number of piperidine rings is 1. The lowest BCUT2D eigenvalue weighted by atomic mass is 10.0. The highest BCUT2D eigenvalue weighted by Crippen LogP contribution is 2.65. The number of nitrogens with one attached hydrogen (secondary N) is 1. The predicted molar refractivity (Wildman–Crippen MR) is 74.6 cm³/mol. The summed E-state index contributed by atoms with van der Waals surface area (Å²) >= 11 is 0. The average molecular weight is 262 g/mol. The highest BCUT2D eigenvalue weighted by Gasteiger charge is 2.65. The summed E-state index contributed by atoms with van der Waals surface area (Å²) in [6.45, 7) is 4.04. The van der Waals surface area contributed by atoms with Gasteiger partial charge in [0.05, 0.1) is 6.04 Å². The van der Waals surface area contributed by atoms with Gasteiger partial charge in [-0.1, -0.05) is 0 Å². The van der Waals surface area contributed by atoms with Crippen molar-refractivity contribution in [2.24, 2.45) is 23.7 Å². The van der Waals surface area contributed by atoms with Gasteiger partial charge < -0.3 is 10.2 Å². The molecule has 0 aromatic rings. The van der Waals surface area contributed by atoms with Gasteiger partial charge >= 0.3 is 0 Å². The first-order chi connectivity index (χ1) is 9.25. The standard InChI is InChI=1S/C16H26N2O/c1-10(16(19)18-7-3-2-4-8-18)17-15-13-11-5-6-12(9-11)14(13)15/h10-15,17H,2-9H2,1H3. The minimum atomic E-state index is 0.0353. The maximum absolute atomic E-state index is 12.4. The van der Waals surface area contributed by atoms with Gasteiger partial charge in [-0.25, -0.2) is 0 Å². The Hall–Kier alpha value is -0.570. The number of hydrogen-bond donors (Lipinski definition) is 1. The van der Waals surface area contributed by atoms with Gasteiger partial charge in [-0.05, 0) is 69.1 Å². The van der Waals surface area contributed by atoms with Crippen LogP contribution in [0.5, 0.6) is 0 Å². The normalized spacial score (nSPS) is 45.1. The molecule has 1 N–H and O–H groups in total. The number of carbonyl (C=O) groups is 1. The second-order valence-electron chi connectivity index (χ2n) is 7.29. The topological polar surface area (TPSA) is 32.3 Å². The van der Waals surface area contributed by atoms with Gasteiger partial charge in [0.15, 0.2) is 0 Å². The molecule has 0 aromatic carbocycles. The van der Waals surface area contributed by atoms with Crippen molar-refractivity contribution in [3.05, 3.63) is 0 Å². The summed E-state index contributed by atoms with van der Waals surface area (Å²) in [6.07, 6.45) is 8.08. The van der Waals surface area contributed by atoms with E-state index in [1.807, 2.05) is 0 Å². The molecule has 3 aliphatic carbocycles. The predicted octanol–water partition coefficient (Wildman–Crippen LogP) is 2.02. The lowest BCUT2D eigenvalue weighted by molar-refractivity contribution is -0.134. The number of nitrogens with zero attached hydrogens (tertiary/aromatic N) is 1. The summed E-state index contributed by atoms with van der Waals surface area (Å²) in [4.78, 5) is 14.5. The molecule has 0 radical (unpaired) electrons. The van der Waals surface area contributed by atoms with Crippen molar-refractivity contribution in [3.8, 4) is 0 Å². The molecule has 1 amide bonds. The molecule has 3 heteroatoms. The van der Waals surface area contributed by atoms with Gasteiger partial charge in [0.2, 0.25) is 5.91 Å². The Bertz CT molecular complexity index is 361. The summed E-state index contributed by atoms with van der Waals surface area (Å²) < 4.78 is 0. The van der Waals surface area contributed by atoms with Crippen molar-refractivity contribution >= 4 is 5.91 Å². The van der Waals surface area contributed by atoms with Crippen molar-refractivity contribution in [1.82, 2.24) is 10.2 Å². The molecule has 4 rings (SSSR count). The maximum atomic E-state index is 12.4. The lowest BCUT2D eigenvalue weighted by Crippen LogP contribution is -2.48. The van der Waals surface area contributed by atoms with Crippen LogP contribution < -0.4 is 5.32 Å². The molecular formula is C16H26N2O. The van der Waals surface area contributed by atoms with Crippen molar-refractivity contribution in [3.63, 3.8) is 0 Å². The fraction of sp³-hybridized carbons (Fsp3) is 0.938. The quantitative estimate of drug-likeness (QED) is 0.844. The Kier molecular flexibility index (Phi) is 2.87. The third-order valence-electron chi connectivity index (χ3n) is 6.22. The van der Waals surface area contributed by atoms with Gasteiger partial charge in [0.25, 0.3) is 0 Å². The number of fused-ring (bicyclic) bond motifs is 5. The fourth-order valence-corrected chi connectivity index (χ4v) is 5.30. The summed E-state index contributed by atoms with van der Waals surface area (Å²) in [5.74, 6) is 4.18. The van der Waals surface area contributed by atoms with E-state index in [1.165, 1.54) is 38.5 Å². The van der Waals surface area contributed by atoms with E-state index < -0.39 is 0 Å². The van der Waals surface area contributed by atoms with Crippen LogP contribution in [0, 0.1) is 23.7 Å². The Balaban J connectivity index is 1.32. The van der Waals surface area contributed by atoms with Crippen LogP contribution in [-0.2, 0) is 4.79 Å². The van der Waals surface area contributed by atoms with Crippen LogP contribution in [0.3, 0.4) is 0 Å². The first kappa shape index (κ1) is 12.2. The Morgan fingerprint density at radius 3 is 2.37 bits per heavy atom. The van der Waals surface area contributed by atoms with Crippen LogP contribution in [0.25, 0.3) is 0 Å². The van der Waals surface area contributed by atoms with Gasteiger partial charge in [-0.15, -0.1) is 0 Å². The van der Waals surface area contributed by atoms with E-state index in [-0.39, 0.29) is 6.04 Å². The first-order valence-corrected chi connectivity index (χ1v) is 8.30. The van der Waals surface area contributed by atoms with Crippen LogP contribution >= 0.6 is 0 Å². The van der Waals surface area contributed by atoms with E-state index in [0.29, 0.717) is 11.9 Å². The highest BCUT2D eigenvalue weighted by atomic mass is 16.2. The van der Waals surface area contributed by atoms with E-state index in [1.54, 1.807) is 0 Å². The average Bonchev–Trinajstić information content (AvgIpc) is 2.85. The lowest BCUT2D eigenvalue weighted by Gasteiger charge is -2.30. The molecule has 3 nitrogen and oxygen atoms in total. The number of hydrogen-bond acceptors (Lipinski definition) is 2. The molecule has 1 saturated heterocycles. The van der Waals surface area contributed by atoms with Crippen LogP contribution in [0.15, 0.2) is 0 Å². The van der Waals surface area contributed by atoms with E-state index >= 15 is 0 Å². The third kappa shape index (κ3) is 1.93. The fourth-order valence-electron chi connectivity index (χ4n) is 5.30. The van der Waals surface area contributed by atoms with Crippen LogP contribution in [0.4, 0.5) is 0 Å². The van der Waals surface area contributed by atoms with Gasteiger partial charge in [0, 0.05) is 19.1 Å². The molecule has 2 bridgehead atoms. The zero-order chi connectivity index (χ0) is 13.0. The van der Waals surface area contributed by atoms with Crippen molar-refractivity contribution in [2.75, 3.05) is 13.1 Å². The number of amides is 1. The Labute approximate surface area is 116 Å². The highest BCUT2D eigenvalue weighted by molar-refractivity contribution is 5.81. The van der Waals surface area contributed by atoms with E-state index in [2.05, 4.69) is 17.1 Å². The summed E-state index contributed by atoms with van der Waals surface area (Å²) in [7, 11) is 0. The third-order valence-corrected chi connectivity index (χ3v) is 6.22. The SMILES string of the molecule is CC(NC1C2C3CCC(C3)C12)C(=O)N1CCCCC1. The molecule has 3 saturated carbocycles. The van der Waals surface area contributed by atoms with Gasteiger partial charge in [-0.3, -0.25) is 4.79 Å². The molecule has 19 heavy (non-hydrogen) atoms. The van der Waals surface area contributed by atoms with Gasteiger partial charge in [-0.2, -0.15) is 0 Å². The molecule has 0 aromatic heterocycles. The van der Waals surface area contributed by atoms with E-state index in [0.717, 1.165) is 36.8 Å². The number of likely N-dealkylation sites (tertiary alicyclic amines) is 1. The number of rotatable bonds is 3. The van der Waals surface area contributed by atoms with Crippen LogP contribution in [-0.4, -0.2) is 36.0 Å². The Morgan fingerprint density at radius 2 is 1.74 bits per heavy atom. The molecule has 1 aliphatic heterocycles. The summed E-state index contributed by atoms with van der Waals surface area (Å²) in [6, 6.07) is 0.711. The van der Waals surface area contributed by atoms with E-state index in [4.69, 9.17) is 0 Å². The molecular weight excluding hydrogens is 236 g/mol. The minimum Gasteiger partial charge on any atom is -0.341 e. The molecule has 5 atom stereocenters. The molecule has 106 valence electrons. The summed E-state index contributed by atoms with van der Waals surface area (Å²) in [5, 5.41) is 3.66. The molecule has 0 spiro atoms. The van der Waals surface area contributed by atoms with Gasteiger partial charge in [0.1, 0.15) is 0 Å². The zero-order valence-corrected chi connectivity index (χ0v) is 12.0. The zero-order valence-electron chi connectivity index (χ0n) is 12.0. The van der Waals surface area contributed by atoms with Crippen LogP contribution in [0.2, 0.25) is 0 Å². The molecule has 4 fully saturated rings. The Morgan fingerprint density at radius 1 is 1.11 bits per heavy atom.